The minimum Gasteiger partial charge on any atom is -0.344 e. The first kappa shape index (κ1) is 15.7. The fourth-order valence-corrected chi connectivity index (χ4v) is 1.96. The zero-order chi connectivity index (χ0) is 14.4. The summed E-state index contributed by atoms with van der Waals surface area (Å²) in [6, 6.07) is 0. The topological polar surface area (TPSA) is 50.2 Å². The normalized spacial score (nSPS) is 10.8. The van der Waals surface area contributed by atoms with Gasteiger partial charge in [-0.3, -0.25) is 9.48 Å². The molecule has 0 aliphatic carbocycles. The number of nitrogens with one attached hydrogen (secondary N) is 1. The third kappa shape index (κ3) is 4.06. The van der Waals surface area contributed by atoms with E-state index in [4.69, 9.17) is 0 Å². The van der Waals surface area contributed by atoms with Crippen molar-refractivity contribution in [3.05, 3.63) is 17.0 Å². The van der Waals surface area contributed by atoms with Gasteiger partial charge in [0.15, 0.2) is 0 Å². The van der Waals surface area contributed by atoms with Gasteiger partial charge < -0.3 is 10.2 Å². The van der Waals surface area contributed by atoms with Crippen molar-refractivity contribution in [2.45, 2.75) is 47.2 Å². The number of hydrogen-bond acceptors (Lipinski definition) is 3. The van der Waals surface area contributed by atoms with Crippen LogP contribution in [-0.2, 0) is 17.9 Å². The van der Waals surface area contributed by atoms with Crippen molar-refractivity contribution < 1.29 is 4.79 Å². The van der Waals surface area contributed by atoms with Crippen molar-refractivity contribution in [3.8, 4) is 0 Å². The number of aromatic nitrogens is 2. The standard InChI is InChI=1S/C14H26N4O/c1-6-8-15-9-13-11(3)16-18(12(13)4)10-14(19)17(5)7-2/h15H,6-10H2,1-5H3. The summed E-state index contributed by atoms with van der Waals surface area (Å²) in [5.41, 5.74) is 3.30. The van der Waals surface area contributed by atoms with Crippen molar-refractivity contribution in [2.75, 3.05) is 20.1 Å². The minimum absolute atomic E-state index is 0.0983. The van der Waals surface area contributed by atoms with Gasteiger partial charge in [0.25, 0.3) is 0 Å². The molecule has 1 N–H and O–H groups in total. The van der Waals surface area contributed by atoms with Crippen LogP contribution in [0.4, 0.5) is 0 Å². The molecule has 1 aromatic rings. The predicted octanol–water partition coefficient (Wildman–Crippen LogP) is 1.48. The Hall–Kier alpha value is -1.36. The van der Waals surface area contributed by atoms with Gasteiger partial charge in [0, 0.05) is 31.4 Å². The van der Waals surface area contributed by atoms with Crippen LogP contribution in [0.5, 0.6) is 0 Å². The maximum atomic E-state index is 11.9. The van der Waals surface area contributed by atoms with Crippen LogP contribution in [0, 0.1) is 13.8 Å². The van der Waals surface area contributed by atoms with Crippen molar-refractivity contribution in [3.63, 3.8) is 0 Å². The number of amides is 1. The largest absolute Gasteiger partial charge is 0.344 e. The SMILES string of the molecule is CCCNCc1c(C)nn(CC(=O)N(C)CC)c1C. The summed E-state index contributed by atoms with van der Waals surface area (Å²) in [6.45, 7) is 11.0. The third-order valence-electron chi connectivity index (χ3n) is 3.45. The molecule has 0 radical (unpaired) electrons. The number of nitrogens with zero attached hydrogens (tertiary/aromatic N) is 3. The highest BCUT2D eigenvalue weighted by atomic mass is 16.2. The fraction of sp³-hybridized carbons (Fsp3) is 0.714. The Morgan fingerprint density at radius 1 is 1.37 bits per heavy atom. The summed E-state index contributed by atoms with van der Waals surface area (Å²) in [6.07, 6.45) is 1.12. The molecular formula is C14H26N4O. The molecule has 1 aromatic heterocycles. The van der Waals surface area contributed by atoms with E-state index >= 15 is 0 Å². The van der Waals surface area contributed by atoms with E-state index in [1.807, 2.05) is 32.5 Å². The van der Waals surface area contributed by atoms with Gasteiger partial charge in [-0.2, -0.15) is 5.10 Å². The highest BCUT2D eigenvalue weighted by Gasteiger charge is 2.14. The van der Waals surface area contributed by atoms with Crippen molar-refractivity contribution in [1.82, 2.24) is 20.0 Å². The summed E-state index contributed by atoms with van der Waals surface area (Å²) < 4.78 is 1.81. The molecular weight excluding hydrogens is 240 g/mol. The molecule has 1 rings (SSSR count). The van der Waals surface area contributed by atoms with Gasteiger partial charge in [-0.15, -0.1) is 0 Å². The third-order valence-corrected chi connectivity index (χ3v) is 3.45. The lowest BCUT2D eigenvalue weighted by Gasteiger charge is -2.15. The summed E-state index contributed by atoms with van der Waals surface area (Å²) in [4.78, 5) is 13.6. The molecule has 108 valence electrons. The van der Waals surface area contributed by atoms with Gasteiger partial charge in [-0.1, -0.05) is 6.92 Å². The van der Waals surface area contributed by atoms with Gasteiger partial charge in [-0.25, -0.2) is 0 Å². The lowest BCUT2D eigenvalue weighted by Crippen LogP contribution is -2.30. The van der Waals surface area contributed by atoms with Gasteiger partial charge in [0.2, 0.25) is 5.91 Å². The van der Waals surface area contributed by atoms with E-state index in [9.17, 15) is 4.79 Å². The molecule has 0 aliphatic rings. The lowest BCUT2D eigenvalue weighted by atomic mass is 10.2. The minimum atomic E-state index is 0.0983. The van der Waals surface area contributed by atoms with Crippen molar-refractivity contribution in [1.29, 1.82) is 0 Å². The molecule has 0 unspecified atom stereocenters. The predicted molar refractivity (Wildman–Crippen MR) is 77.0 cm³/mol. The molecule has 5 nitrogen and oxygen atoms in total. The molecule has 0 fully saturated rings. The quantitative estimate of drug-likeness (QED) is 0.761. The molecule has 1 amide bonds. The highest BCUT2D eigenvalue weighted by molar-refractivity contribution is 5.75. The summed E-state index contributed by atoms with van der Waals surface area (Å²) in [7, 11) is 1.82. The summed E-state index contributed by atoms with van der Waals surface area (Å²) >= 11 is 0. The fourth-order valence-electron chi connectivity index (χ4n) is 1.96. The average Bonchev–Trinajstić information content (AvgIpc) is 2.65. The zero-order valence-corrected chi connectivity index (χ0v) is 12.8. The average molecular weight is 266 g/mol. The van der Waals surface area contributed by atoms with Crippen LogP contribution < -0.4 is 5.32 Å². The van der Waals surface area contributed by atoms with Crippen LogP contribution in [0.25, 0.3) is 0 Å². The van der Waals surface area contributed by atoms with E-state index in [0.717, 1.165) is 37.4 Å². The number of rotatable bonds is 7. The van der Waals surface area contributed by atoms with Crippen LogP contribution in [0.3, 0.4) is 0 Å². The molecule has 0 atom stereocenters. The first-order valence-corrected chi connectivity index (χ1v) is 6.98. The first-order valence-electron chi connectivity index (χ1n) is 6.98. The molecule has 19 heavy (non-hydrogen) atoms. The molecule has 5 heteroatoms. The van der Waals surface area contributed by atoms with Crippen LogP contribution in [-0.4, -0.2) is 40.7 Å². The van der Waals surface area contributed by atoms with Crippen molar-refractivity contribution >= 4 is 5.91 Å². The highest BCUT2D eigenvalue weighted by Crippen LogP contribution is 2.13. The van der Waals surface area contributed by atoms with E-state index in [1.54, 1.807) is 4.90 Å². The number of hydrogen-bond donors (Lipinski definition) is 1. The smallest absolute Gasteiger partial charge is 0.244 e. The van der Waals surface area contributed by atoms with Crippen LogP contribution in [0.2, 0.25) is 0 Å². The van der Waals surface area contributed by atoms with E-state index < -0.39 is 0 Å². The van der Waals surface area contributed by atoms with E-state index in [0.29, 0.717) is 6.54 Å². The molecule has 0 spiro atoms. The van der Waals surface area contributed by atoms with E-state index in [2.05, 4.69) is 17.3 Å². The molecule has 0 aliphatic heterocycles. The molecule has 1 heterocycles. The Balaban J connectivity index is 2.75. The summed E-state index contributed by atoms with van der Waals surface area (Å²) in [5, 5.41) is 7.86. The second-order valence-electron chi connectivity index (χ2n) is 4.89. The van der Waals surface area contributed by atoms with E-state index in [1.165, 1.54) is 5.56 Å². The molecule has 0 bridgehead atoms. The molecule has 0 saturated carbocycles. The number of carbonyl (C=O) groups is 1. The van der Waals surface area contributed by atoms with Crippen LogP contribution in [0.15, 0.2) is 0 Å². The maximum Gasteiger partial charge on any atom is 0.244 e. The maximum absolute atomic E-state index is 11.9. The molecule has 0 saturated heterocycles. The Morgan fingerprint density at radius 2 is 2.05 bits per heavy atom. The second kappa shape index (κ2) is 7.28. The van der Waals surface area contributed by atoms with E-state index in [-0.39, 0.29) is 5.91 Å². The Kier molecular flexibility index (Phi) is 6.02. The van der Waals surface area contributed by atoms with Gasteiger partial charge in [0.05, 0.1) is 5.69 Å². The number of aryl methyl sites for hydroxylation is 1. The number of carbonyl (C=O) groups excluding carboxylic acids is 1. The second-order valence-corrected chi connectivity index (χ2v) is 4.89. The zero-order valence-electron chi connectivity index (χ0n) is 12.8. The van der Waals surface area contributed by atoms with Gasteiger partial charge in [0.1, 0.15) is 6.54 Å². The Labute approximate surface area is 116 Å². The number of likely N-dealkylation sites (N-methyl/N-ethyl adjacent to an activating group) is 1. The van der Waals surface area contributed by atoms with Gasteiger partial charge in [-0.05, 0) is 33.7 Å². The van der Waals surface area contributed by atoms with Gasteiger partial charge >= 0.3 is 0 Å². The molecule has 0 aromatic carbocycles. The van der Waals surface area contributed by atoms with Crippen molar-refractivity contribution in [2.24, 2.45) is 0 Å². The lowest BCUT2D eigenvalue weighted by molar-refractivity contribution is -0.130. The first-order chi connectivity index (χ1) is 9.01. The Morgan fingerprint density at radius 3 is 2.63 bits per heavy atom. The van der Waals surface area contributed by atoms with Crippen LogP contribution in [0.1, 0.15) is 37.2 Å². The summed E-state index contributed by atoms with van der Waals surface area (Å²) in [5.74, 6) is 0.0983. The monoisotopic (exact) mass is 266 g/mol. The Bertz CT molecular complexity index is 425. The van der Waals surface area contributed by atoms with Crippen LogP contribution >= 0.6 is 0 Å².